The third-order valence-electron chi connectivity index (χ3n) is 1.99. The normalized spacial score (nSPS) is 14.2. The van der Waals surface area contributed by atoms with Gasteiger partial charge in [0, 0.05) is 26.8 Å². The molecule has 0 aromatic rings. The molecule has 0 aliphatic heterocycles. The van der Waals surface area contributed by atoms with Crippen molar-refractivity contribution in [3.05, 3.63) is 0 Å². The van der Waals surface area contributed by atoms with Gasteiger partial charge in [-0.15, -0.1) is 0 Å². The average Bonchev–Trinajstić information content (AvgIpc) is 2.14. The number of ether oxygens (including phenoxy) is 1. The van der Waals surface area contributed by atoms with Crippen LogP contribution in [0.4, 0.5) is 0 Å². The van der Waals surface area contributed by atoms with E-state index in [9.17, 15) is 8.42 Å². The van der Waals surface area contributed by atoms with Gasteiger partial charge in [0.1, 0.15) is 0 Å². The molecule has 6 heteroatoms. The summed E-state index contributed by atoms with van der Waals surface area (Å²) in [6, 6.07) is 0. The van der Waals surface area contributed by atoms with Crippen LogP contribution in [0.15, 0.2) is 0 Å². The topological polar surface area (TPSA) is 81.4 Å². The fourth-order valence-corrected chi connectivity index (χ4v) is 2.42. The van der Waals surface area contributed by atoms with Gasteiger partial charge in [-0.05, 0) is 12.8 Å². The standard InChI is InChI=1S/C8H20N2O3S/c1-3-8(7-9)14(11,12)10-5-4-6-13-2/h8,10H,3-7,9H2,1-2H3. The van der Waals surface area contributed by atoms with Crippen LogP contribution in [0.5, 0.6) is 0 Å². The predicted octanol–water partition coefficient (Wildman–Crippen LogP) is -0.320. The van der Waals surface area contributed by atoms with Gasteiger partial charge in [0.25, 0.3) is 0 Å². The summed E-state index contributed by atoms with van der Waals surface area (Å²) in [4.78, 5) is 0. The molecule has 0 bridgehead atoms. The van der Waals surface area contributed by atoms with Gasteiger partial charge in [-0.25, -0.2) is 13.1 Å². The van der Waals surface area contributed by atoms with E-state index >= 15 is 0 Å². The molecule has 0 aliphatic carbocycles. The molecule has 0 amide bonds. The van der Waals surface area contributed by atoms with Crippen molar-refractivity contribution in [1.29, 1.82) is 0 Å². The van der Waals surface area contributed by atoms with Gasteiger partial charge in [-0.2, -0.15) is 0 Å². The molecule has 0 spiro atoms. The van der Waals surface area contributed by atoms with Gasteiger partial charge in [-0.1, -0.05) is 6.92 Å². The maximum absolute atomic E-state index is 11.5. The lowest BCUT2D eigenvalue weighted by Gasteiger charge is -2.14. The second-order valence-corrected chi connectivity index (χ2v) is 5.10. The zero-order valence-corrected chi connectivity index (χ0v) is 9.64. The van der Waals surface area contributed by atoms with Crippen molar-refractivity contribution in [2.75, 3.05) is 26.8 Å². The molecule has 1 atom stereocenters. The summed E-state index contributed by atoms with van der Waals surface area (Å²) in [5, 5.41) is -0.481. The third kappa shape index (κ3) is 4.90. The lowest BCUT2D eigenvalue weighted by molar-refractivity contribution is 0.196. The van der Waals surface area contributed by atoms with E-state index in [-0.39, 0.29) is 6.54 Å². The predicted molar refractivity (Wildman–Crippen MR) is 56.5 cm³/mol. The Morgan fingerprint density at radius 3 is 2.57 bits per heavy atom. The highest BCUT2D eigenvalue weighted by Gasteiger charge is 2.20. The maximum Gasteiger partial charge on any atom is 0.215 e. The fourth-order valence-electron chi connectivity index (χ4n) is 1.06. The van der Waals surface area contributed by atoms with Gasteiger partial charge in [-0.3, -0.25) is 0 Å². The van der Waals surface area contributed by atoms with Crippen LogP contribution >= 0.6 is 0 Å². The molecule has 3 N–H and O–H groups in total. The van der Waals surface area contributed by atoms with E-state index in [2.05, 4.69) is 4.72 Å². The molecule has 0 heterocycles. The van der Waals surface area contributed by atoms with Crippen molar-refractivity contribution in [2.45, 2.75) is 25.0 Å². The minimum atomic E-state index is -3.23. The van der Waals surface area contributed by atoms with Gasteiger partial charge >= 0.3 is 0 Å². The fraction of sp³-hybridized carbons (Fsp3) is 1.00. The van der Waals surface area contributed by atoms with Crippen molar-refractivity contribution in [2.24, 2.45) is 5.73 Å². The minimum absolute atomic E-state index is 0.163. The Labute approximate surface area is 86.1 Å². The number of hydrogen-bond acceptors (Lipinski definition) is 4. The lowest BCUT2D eigenvalue weighted by Crippen LogP contribution is -2.39. The smallest absolute Gasteiger partial charge is 0.215 e. The third-order valence-corrected chi connectivity index (χ3v) is 4.00. The van der Waals surface area contributed by atoms with Crippen molar-refractivity contribution < 1.29 is 13.2 Å². The Morgan fingerprint density at radius 2 is 2.14 bits per heavy atom. The van der Waals surface area contributed by atoms with E-state index in [4.69, 9.17) is 10.5 Å². The Kier molecular flexibility index (Phi) is 7.08. The first-order chi connectivity index (χ1) is 6.58. The summed E-state index contributed by atoms with van der Waals surface area (Å²) in [6.45, 7) is 2.94. The number of rotatable bonds is 8. The van der Waals surface area contributed by atoms with E-state index in [0.29, 0.717) is 26.0 Å². The van der Waals surface area contributed by atoms with Crippen LogP contribution in [0.2, 0.25) is 0 Å². The van der Waals surface area contributed by atoms with Crippen LogP contribution in [0.25, 0.3) is 0 Å². The summed E-state index contributed by atoms with van der Waals surface area (Å²) in [6.07, 6.45) is 1.22. The molecular formula is C8H20N2O3S. The van der Waals surface area contributed by atoms with Gasteiger partial charge in [0.2, 0.25) is 10.0 Å². The van der Waals surface area contributed by atoms with Crippen molar-refractivity contribution in [3.63, 3.8) is 0 Å². The molecular weight excluding hydrogens is 204 g/mol. The van der Waals surface area contributed by atoms with E-state index < -0.39 is 15.3 Å². The number of hydrogen-bond donors (Lipinski definition) is 2. The maximum atomic E-state index is 11.5. The number of nitrogens with one attached hydrogen (secondary N) is 1. The highest BCUT2D eigenvalue weighted by Crippen LogP contribution is 2.01. The van der Waals surface area contributed by atoms with Crippen LogP contribution in [0.1, 0.15) is 19.8 Å². The second kappa shape index (κ2) is 7.17. The minimum Gasteiger partial charge on any atom is -0.385 e. The monoisotopic (exact) mass is 224 g/mol. The van der Waals surface area contributed by atoms with E-state index in [1.807, 2.05) is 6.92 Å². The van der Waals surface area contributed by atoms with Gasteiger partial charge in [0.15, 0.2) is 0 Å². The van der Waals surface area contributed by atoms with Crippen molar-refractivity contribution in [3.8, 4) is 0 Å². The number of nitrogens with two attached hydrogens (primary N) is 1. The largest absolute Gasteiger partial charge is 0.385 e. The molecule has 1 unspecified atom stereocenters. The van der Waals surface area contributed by atoms with E-state index in [0.717, 1.165) is 0 Å². The van der Waals surface area contributed by atoms with Crippen LogP contribution in [-0.4, -0.2) is 40.5 Å². The molecule has 0 aliphatic rings. The van der Waals surface area contributed by atoms with Crippen molar-refractivity contribution >= 4 is 10.0 Å². The summed E-state index contributed by atoms with van der Waals surface area (Å²) >= 11 is 0. The van der Waals surface area contributed by atoms with Crippen LogP contribution in [0, 0.1) is 0 Å². The second-order valence-electron chi connectivity index (χ2n) is 3.05. The van der Waals surface area contributed by atoms with Crippen LogP contribution in [0.3, 0.4) is 0 Å². The molecule has 0 saturated heterocycles. The SMILES string of the molecule is CCC(CN)S(=O)(=O)NCCCOC. The summed E-state index contributed by atoms with van der Waals surface area (Å²) < 4.78 is 30.4. The zero-order valence-electron chi connectivity index (χ0n) is 8.82. The van der Waals surface area contributed by atoms with E-state index in [1.165, 1.54) is 0 Å². The molecule has 86 valence electrons. The molecule has 0 rings (SSSR count). The summed E-state index contributed by atoms with van der Waals surface area (Å²) in [5.74, 6) is 0. The lowest BCUT2D eigenvalue weighted by atomic mass is 10.3. The quantitative estimate of drug-likeness (QED) is 0.554. The molecule has 14 heavy (non-hydrogen) atoms. The molecule has 0 aromatic carbocycles. The Hall–Kier alpha value is -0.170. The Balaban J connectivity index is 3.94. The number of sulfonamides is 1. The molecule has 5 nitrogen and oxygen atoms in total. The average molecular weight is 224 g/mol. The molecule has 0 radical (unpaired) electrons. The molecule has 0 fully saturated rings. The van der Waals surface area contributed by atoms with E-state index in [1.54, 1.807) is 7.11 Å². The highest BCUT2D eigenvalue weighted by atomic mass is 32.2. The summed E-state index contributed by atoms with van der Waals surface area (Å²) in [7, 11) is -1.65. The number of methoxy groups -OCH3 is 1. The first-order valence-electron chi connectivity index (χ1n) is 4.76. The van der Waals surface area contributed by atoms with Crippen molar-refractivity contribution in [1.82, 2.24) is 4.72 Å². The molecule has 0 saturated carbocycles. The molecule has 0 aromatic heterocycles. The van der Waals surface area contributed by atoms with Gasteiger partial charge in [0.05, 0.1) is 5.25 Å². The van der Waals surface area contributed by atoms with Gasteiger partial charge < -0.3 is 10.5 Å². The summed E-state index contributed by atoms with van der Waals surface area (Å²) in [5.41, 5.74) is 5.36. The first-order valence-corrected chi connectivity index (χ1v) is 6.30. The highest BCUT2D eigenvalue weighted by molar-refractivity contribution is 7.90. The zero-order chi connectivity index (χ0) is 11.0. The van der Waals surface area contributed by atoms with Crippen LogP contribution in [-0.2, 0) is 14.8 Å². The Morgan fingerprint density at radius 1 is 1.50 bits per heavy atom. The first kappa shape index (κ1) is 13.8. The Bertz CT molecular complexity index is 225. The van der Waals surface area contributed by atoms with Crippen LogP contribution < -0.4 is 10.5 Å².